The third-order valence-corrected chi connectivity index (χ3v) is 2.48. The molecule has 0 spiro atoms. The number of aryl methyl sites for hydroxylation is 1. The summed E-state index contributed by atoms with van der Waals surface area (Å²) < 4.78 is 18.9. The van der Waals surface area contributed by atoms with E-state index in [-0.39, 0.29) is 5.82 Å². The van der Waals surface area contributed by atoms with E-state index in [2.05, 4.69) is 4.98 Å². The summed E-state index contributed by atoms with van der Waals surface area (Å²) in [5.41, 5.74) is 0.437. The van der Waals surface area contributed by atoms with E-state index in [0.717, 1.165) is 6.42 Å². The van der Waals surface area contributed by atoms with Crippen LogP contribution in [0.15, 0.2) is 34.9 Å². The summed E-state index contributed by atoms with van der Waals surface area (Å²) in [6.07, 6.45) is 3.03. The fraction of sp³-hybridized carbons (Fsp3) is 0.250. The second-order valence-corrected chi connectivity index (χ2v) is 3.77. The van der Waals surface area contributed by atoms with Crippen molar-refractivity contribution in [1.29, 1.82) is 0 Å². The Kier molecular flexibility index (Phi) is 3.57. The minimum atomic E-state index is -0.303. The number of oxazole rings is 1. The Morgan fingerprint density at radius 3 is 2.88 bits per heavy atom. The molecule has 0 aliphatic carbocycles. The van der Waals surface area contributed by atoms with Crippen LogP contribution in [0.3, 0.4) is 0 Å². The van der Waals surface area contributed by atoms with Crippen LogP contribution >= 0.6 is 11.6 Å². The number of hydrogen-bond donors (Lipinski definition) is 0. The van der Waals surface area contributed by atoms with Crippen molar-refractivity contribution in [3.8, 4) is 11.3 Å². The molecule has 0 radical (unpaired) electrons. The maximum atomic E-state index is 13.4. The van der Waals surface area contributed by atoms with Crippen LogP contribution in [0.5, 0.6) is 0 Å². The lowest BCUT2D eigenvalue weighted by Gasteiger charge is -1.97. The second kappa shape index (κ2) is 5.12. The van der Waals surface area contributed by atoms with Crippen molar-refractivity contribution in [2.75, 3.05) is 5.88 Å². The van der Waals surface area contributed by atoms with Gasteiger partial charge in [-0.05, 0) is 18.6 Å². The van der Waals surface area contributed by atoms with Gasteiger partial charge < -0.3 is 4.42 Å². The van der Waals surface area contributed by atoms with Crippen LogP contribution < -0.4 is 0 Å². The van der Waals surface area contributed by atoms with E-state index in [9.17, 15) is 4.39 Å². The van der Waals surface area contributed by atoms with Gasteiger partial charge in [-0.3, -0.25) is 0 Å². The SMILES string of the molecule is Fc1ccccc1-c1cnc(CCCCl)o1. The molecule has 0 aliphatic rings. The van der Waals surface area contributed by atoms with Crippen LogP contribution in [0.4, 0.5) is 4.39 Å². The quantitative estimate of drug-likeness (QED) is 0.761. The number of halogens is 2. The normalized spacial score (nSPS) is 10.6. The van der Waals surface area contributed by atoms with E-state index in [1.807, 2.05) is 0 Å². The zero-order valence-electron chi connectivity index (χ0n) is 8.62. The molecule has 0 fully saturated rings. The Hall–Kier alpha value is -1.35. The zero-order chi connectivity index (χ0) is 11.4. The van der Waals surface area contributed by atoms with Gasteiger partial charge in [-0.2, -0.15) is 0 Å². The van der Waals surface area contributed by atoms with Gasteiger partial charge in [0.1, 0.15) is 5.82 Å². The van der Waals surface area contributed by atoms with E-state index in [4.69, 9.17) is 16.0 Å². The first-order valence-electron chi connectivity index (χ1n) is 5.07. The predicted octanol–water partition coefficient (Wildman–Crippen LogP) is 3.65. The highest BCUT2D eigenvalue weighted by Gasteiger charge is 2.09. The summed E-state index contributed by atoms with van der Waals surface area (Å²) in [6, 6.07) is 6.47. The van der Waals surface area contributed by atoms with Crippen LogP contribution in [0, 0.1) is 5.82 Å². The molecule has 0 unspecified atom stereocenters. The molecular formula is C12H11ClFNO. The monoisotopic (exact) mass is 239 g/mol. The van der Waals surface area contributed by atoms with Crippen molar-refractivity contribution in [2.24, 2.45) is 0 Å². The summed E-state index contributed by atoms with van der Waals surface area (Å²) in [5.74, 6) is 1.32. The Balaban J connectivity index is 2.22. The van der Waals surface area contributed by atoms with Gasteiger partial charge >= 0.3 is 0 Å². The number of aromatic nitrogens is 1. The maximum Gasteiger partial charge on any atom is 0.194 e. The van der Waals surface area contributed by atoms with Crippen molar-refractivity contribution < 1.29 is 8.81 Å². The molecule has 2 rings (SSSR count). The van der Waals surface area contributed by atoms with E-state index >= 15 is 0 Å². The lowest BCUT2D eigenvalue weighted by molar-refractivity contribution is 0.499. The standard InChI is InChI=1S/C12H11ClFNO/c13-7-3-6-12-15-8-11(16-12)9-4-1-2-5-10(9)14/h1-2,4-5,8H,3,6-7H2. The van der Waals surface area contributed by atoms with Gasteiger partial charge in [-0.25, -0.2) is 9.37 Å². The highest BCUT2D eigenvalue weighted by atomic mass is 35.5. The molecule has 1 aromatic heterocycles. The number of benzene rings is 1. The van der Waals surface area contributed by atoms with Crippen LogP contribution in [0.25, 0.3) is 11.3 Å². The van der Waals surface area contributed by atoms with Gasteiger partial charge in [0.2, 0.25) is 0 Å². The maximum absolute atomic E-state index is 13.4. The van der Waals surface area contributed by atoms with E-state index in [0.29, 0.717) is 29.5 Å². The topological polar surface area (TPSA) is 26.0 Å². The fourth-order valence-corrected chi connectivity index (χ4v) is 1.56. The summed E-state index contributed by atoms with van der Waals surface area (Å²) in [6.45, 7) is 0. The summed E-state index contributed by atoms with van der Waals surface area (Å²) in [5, 5.41) is 0. The van der Waals surface area contributed by atoms with Gasteiger partial charge in [-0.1, -0.05) is 12.1 Å². The average molecular weight is 240 g/mol. The molecule has 1 heterocycles. The smallest absolute Gasteiger partial charge is 0.194 e. The predicted molar refractivity (Wildman–Crippen MR) is 60.9 cm³/mol. The van der Waals surface area contributed by atoms with Gasteiger partial charge in [0.15, 0.2) is 11.7 Å². The molecule has 16 heavy (non-hydrogen) atoms. The second-order valence-electron chi connectivity index (χ2n) is 3.39. The molecule has 84 valence electrons. The number of rotatable bonds is 4. The summed E-state index contributed by atoms with van der Waals surface area (Å²) in [4.78, 5) is 4.08. The number of nitrogens with zero attached hydrogens (tertiary/aromatic N) is 1. The van der Waals surface area contributed by atoms with Crippen LogP contribution in [-0.2, 0) is 6.42 Å². The van der Waals surface area contributed by atoms with Crippen molar-refractivity contribution in [3.05, 3.63) is 42.2 Å². The minimum Gasteiger partial charge on any atom is -0.441 e. The Labute approximate surface area is 98.1 Å². The first kappa shape index (κ1) is 11.1. The van der Waals surface area contributed by atoms with Crippen LogP contribution in [0.2, 0.25) is 0 Å². The average Bonchev–Trinajstić information content (AvgIpc) is 2.75. The molecule has 0 N–H and O–H groups in total. The Morgan fingerprint density at radius 1 is 1.31 bits per heavy atom. The molecule has 1 aromatic carbocycles. The number of alkyl halides is 1. The molecule has 0 aliphatic heterocycles. The molecular weight excluding hydrogens is 229 g/mol. The Bertz CT molecular complexity index is 470. The van der Waals surface area contributed by atoms with E-state index in [1.54, 1.807) is 24.4 Å². The highest BCUT2D eigenvalue weighted by molar-refractivity contribution is 6.17. The first-order valence-corrected chi connectivity index (χ1v) is 5.60. The van der Waals surface area contributed by atoms with Crippen LogP contribution in [0.1, 0.15) is 12.3 Å². The molecule has 0 amide bonds. The van der Waals surface area contributed by atoms with E-state index < -0.39 is 0 Å². The molecule has 0 bridgehead atoms. The third-order valence-electron chi connectivity index (χ3n) is 2.22. The van der Waals surface area contributed by atoms with Gasteiger partial charge in [0.05, 0.1) is 11.8 Å². The van der Waals surface area contributed by atoms with Gasteiger partial charge in [-0.15, -0.1) is 11.6 Å². The first-order chi connectivity index (χ1) is 7.81. The minimum absolute atomic E-state index is 0.303. The molecule has 4 heteroatoms. The molecule has 2 aromatic rings. The summed E-state index contributed by atoms with van der Waals surface area (Å²) >= 11 is 5.57. The highest BCUT2D eigenvalue weighted by Crippen LogP contribution is 2.23. The van der Waals surface area contributed by atoms with Crippen molar-refractivity contribution >= 4 is 11.6 Å². The molecule has 0 saturated carbocycles. The third kappa shape index (κ3) is 2.42. The van der Waals surface area contributed by atoms with E-state index in [1.165, 1.54) is 6.07 Å². The Morgan fingerprint density at radius 2 is 2.12 bits per heavy atom. The largest absolute Gasteiger partial charge is 0.441 e. The number of hydrogen-bond acceptors (Lipinski definition) is 2. The van der Waals surface area contributed by atoms with Crippen LogP contribution in [-0.4, -0.2) is 10.9 Å². The van der Waals surface area contributed by atoms with Crippen molar-refractivity contribution in [3.63, 3.8) is 0 Å². The van der Waals surface area contributed by atoms with Crippen molar-refractivity contribution in [1.82, 2.24) is 4.98 Å². The van der Waals surface area contributed by atoms with Gasteiger partial charge in [0.25, 0.3) is 0 Å². The molecule has 0 saturated heterocycles. The summed E-state index contributed by atoms with van der Waals surface area (Å²) in [7, 11) is 0. The van der Waals surface area contributed by atoms with Crippen molar-refractivity contribution in [2.45, 2.75) is 12.8 Å². The fourth-order valence-electron chi connectivity index (χ4n) is 1.43. The lowest BCUT2D eigenvalue weighted by Crippen LogP contribution is -1.84. The molecule has 0 atom stereocenters. The van der Waals surface area contributed by atoms with Gasteiger partial charge in [0, 0.05) is 12.3 Å². The lowest BCUT2D eigenvalue weighted by atomic mass is 10.2. The zero-order valence-corrected chi connectivity index (χ0v) is 9.38. The molecule has 2 nitrogen and oxygen atoms in total.